The second-order valence-corrected chi connectivity index (χ2v) is 6.98. The molecule has 0 N–H and O–H groups in total. The summed E-state index contributed by atoms with van der Waals surface area (Å²) in [4.78, 5) is 21.7. The highest BCUT2D eigenvalue weighted by Gasteiger charge is 2.14. The zero-order valence-electron chi connectivity index (χ0n) is 13.6. The topological polar surface area (TPSA) is 65.6 Å². The molecule has 0 amide bonds. The lowest BCUT2D eigenvalue weighted by Gasteiger charge is -2.07. The minimum Gasteiger partial charge on any atom is -0.290 e. The van der Waals surface area contributed by atoms with Gasteiger partial charge in [0.15, 0.2) is 11.0 Å². The number of rotatable bonds is 3. The highest BCUT2D eigenvalue weighted by Crippen LogP contribution is 2.21. The van der Waals surface area contributed by atoms with E-state index in [9.17, 15) is 4.79 Å². The summed E-state index contributed by atoms with van der Waals surface area (Å²) in [5.41, 5.74) is 0.716. The molecule has 0 saturated heterocycles. The van der Waals surface area contributed by atoms with Gasteiger partial charge in [0, 0.05) is 20.0 Å². The van der Waals surface area contributed by atoms with Gasteiger partial charge in [-0.05, 0) is 25.0 Å². The van der Waals surface area contributed by atoms with E-state index in [1.165, 1.54) is 31.0 Å². The first-order valence-electron chi connectivity index (χ1n) is 8.23. The number of benzene rings is 1. The van der Waals surface area contributed by atoms with Crippen LogP contribution in [0.5, 0.6) is 0 Å². The molecule has 4 rings (SSSR count). The monoisotopic (exact) mass is 341 g/mol. The van der Waals surface area contributed by atoms with E-state index < -0.39 is 0 Å². The van der Waals surface area contributed by atoms with E-state index in [1.807, 2.05) is 28.9 Å². The summed E-state index contributed by atoms with van der Waals surface area (Å²) in [7, 11) is 1.76. The quantitative estimate of drug-likeness (QED) is 0.541. The molecule has 3 heterocycles. The van der Waals surface area contributed by atoms with Gasteiger partial charge in [0.05, 0.1) is 16.7 Å². The molecular formula is C17H19N5OS. The average Bonchev–Trinajstić information content (AvgIpc) is 2.86. The van der Waals surface area contributed by atoms with Gasteiger partial charge < -0.3 is 0 Å². The Labute approximate surface area is 143 Å². The average molecular weight is 341 g/mol. The predicted molar refractivity (Wildman–Crippen MR) is 94.1 cm³/mol. The van der Waals surface area contributed by atoms with Crippen LogP contribution in [0.3, 0.4) is 0 Å². The van der Waals surface area contributed by atoms with Crippen LogP contribution in [-0.4, -0.2) is 24.3 Å². The summed E-state index contributed by atoms with van der Waals surface area (Å²) in [6, 6.07) is 7.45. The molecule has 0 unspecified atom stereocenters. The Morgan fingerprint density at radius 1 is 1.17 bits per heavy atom. The van der Waals surface area contributed by atoms with Crippen LogP contribution in [-0.2, 0) is 25.8 Å². The van der Waals surface area contributed by atoms with E-state index >= 15 is 0 Å². The molecule has 0 saturated carbocycles. The maximum absolute atomic E-state index is 12.4. The van der Waals surface area contributed by atoms with Crippen LogP contribution in [0.15, 0.2) is 34.2 Å². The SMILES string of the molecule is Cn1c(SCc2nc3n(n2)CCCCC3)nc2ccccc2c1=O. The number of fused-ring (bicyclic) bond motifs is 2. The summed E-state index contributed by atoms with van der Waals surface area (Å²) < 4.78 is 3.64. The first kappa shape index (κ1) is 15.4. The van der Waals surface area contributed by atoms with Crippen molar-refractivity contribution in [1.82, 2.24) is 24.3 Å². The molecule has 124 valence electrons. The van der Waals surface area contributed by atoms with E-state index in [0.717, 1.165) is 30.1 Å². The van der Waals surface area contributed by atoms with Crippen LogP contribution in [0.4, 0.5) is 0 Å². The Morgan fingerprint density at radius 3 is 2.96 bits per heavy atom. The van der Waals surface area contributed by atoms with Gasteiger partial charge in [0.25, 0.3) is 5.56 Å². The summed E-state index contributed by atoms with van der Waals surface area (Å²) >= 11 is 1.51. The van der Waals surface area contributed by atoms with Gasteiger partial charge in [-0.2, -0.15) is 5.10 Å². The summed E-state index contributed by atoms with van der Waals surface area (Å²) in [6.07, 6.45) is 4.61. The van der Waals surface area contributed by atoms with Crippen LogP contribution in [0, 0.1) is 0 Å². The van der Waals surface area contributed by atoms with Crippen molar-refractivity contribution in [1.29, 1.82) is 0 Å². The van der Waals surface area contributed by atoms with Crippen LogP contribution in [0.25, 0.3) is 10.9 Å². The zero-order chi connectivity index (χ0) is 16.5. The number of hydrogen-bond acceptors (Lipinski definition) is 5. The van der Waals surface area contributed by atoms with Crippen molar-refractivity contribution in [3.8, 4) is 0 Å². The van der Waals surface area contributed by atoms with Crippen molar-refractivity contribution in [3.63, 3.8) is 0 Å². The highest BCUT2D eigenvalue weighted by molar-refractivity contribution is 7.98. The lowest BCUT2D eigenvalue weighted by Crippen LogP contribution is -2.19. The van der Waals surface area contributed by atoms with E-state index in [1.54, 1.807) is 11.6 Å². The van der Waals surface area contributed by atoms with Gasteiger partial charge in [-0.25, -0.2) is 14.6 Å². The zero-order valence-corrected chi connectivity index (χ0v) is 14.4. The largest absolute Gasteiger partial charge is 0.290 e. The molecule has 7 heteroatoms. The molecule has 0 spiro atoms. The van der Waals surface area contributed by atoms with Crippen molar-refractivity contribution in [2.75, 3.05) is 0 Å². The number of aryl methyl sites for hydroxylation is 2. The lowest BCUT2D eigenvalue weighted by molar-refractivity contribution is 0.571. The van der Waals surface area contributed by atoms with Crippen LogP contribution < -0.4 is 5.56 Å². The molecule has 1 aliphatic heterocycles. The third-order valence-corrected chi connectivity index (χ3v) is 5.36. The summed E-state index contributed by atoms with van der Waals surface area (Å²) in [6.45, 7) is 0.958. The van der Waals surface area contributed by atoms with Crippen LogP contribution in [0.1, 0.15) is 30.9 Å². The molecule has 0 atom stereocenters. The molecule has 0 aliphatic carbocycles. The van der Waals surface area contributed by atoms with Crippen molar-refractivity contribution in [2.24, 2.45) is 7.05 Å². The number of thioether (sulfide) groups is 1. The molecule has 1 aliphatic rings. The van der Waals surface area contributed by atoms with E-state index in [4.69, 9.17) is 0 Å². The van der Waals surface area contributed by atoms with E-state index in [-0.39, 0.29) is 5.56 Å². The maximum atomic E-state index is 12.4. The fourth-order valence-corrected chi connectivity index (χ4v) is 3.85. The second-order valence-electron chi connectivity index (χ2n) is 6.04. The first-order valence-corrected chi connectivity index (χ1v) is 9.22. The van der Waals surface area contributed by atoms with Crippen LogP contribution in [0.2, 0.25) is 0 Å². The molecular weight excluding hydrogens is 322 g/mol. The molecule has 0 bridgehead atoms. The Morgan fingerprint density at radius 2 is 2.04 bits per heavy atom. The van der Waals surface area contributed by atoms with Gasteiger partial charge in [0.2, 0.25) is 0 Å². The van der Waals surface area contributed by atoms with Gasteiger partial charge in [-0.15, -0.1) is 0 Å². The highest BCUT2D eigenvalue weighted by atomic mass is 32.2. The standard InChI is InChI=1S/C17H19N5OS/c1-21-16(23)12-7-4-5-8-13(12)18-17(21)24-11-14-19-15-9-3-2-6-10-22(15)20-14/h4-5,7-8H,2-3,6,9-11H2,1H3. The van der Waals surface area contributed by atoms with Crippen molar-refractivity contribution < 1.29 is 0 Å². The normalized spacial score (nSPS) is 14.5. The molecule has 2 aromatic heterocycles. The third kappa shape index (κ3) is 2.84. The summed E-state index contributed by atoms with van der Waals surface area (Å²) in [5, 5.41) is 5.96. The third-order valence-electron chi connectivity index (χ3n) is 4.33. The minimum atomic E-state index is -0.0170. The van der Waals surface area contributed by atoms with Gasteiger partial charge in [0.1, 0.15) is 5.82 Å². The Kier molecular flexibility index (Phi) is 4.10. The maximum Gasteiger partial charge on any atom is 0.261 e. The van der Waals surface area contributed by atoms with E-state index in [2.05, 4.69) is 15.1 Å². The number of nitrogens with zero attached hydrogens (tertiary/aromatic N) is 5. The summed E-state index contributed by atoms with van der Waals surface area (Å²) in [5.74, 6) is 2.53. The smallest absolute Gasteiger partial charge is 0.261 e. The molecule has 1 aromatic carbocycles. The lowest BCUT2D eigenvalue weighted by atomic mass is 10.2. The second kappa shape index (κ2) is 6.39. The van der Waals surface area contributed by atoms with Crippen molar-refractivity contribution in [2.45, 2.75) is 43.1 Å². The molecule has 6 nitrogen and oxygen atoms in total. The fraction of sp³-hybridized carbons (Fsp3) is 0.412. The molecule has 0 fully saturated rings. The van der Waals surface area contributed by atoms with Crippen molar-refractivity contribution >= 4 is 22.7 Å². The first-order chi connectivity index (χ1) is 11.7. The Hall–Kier alpha value is -2.15. The minimum absolute atomic E-state index is 0.0170. The van der Waals surface area contributed by atoms with Gasteiger partial charge in [-0.3, -0.25) is 9.36 Å². The number of aromatic nitrogens is 5. The molecule has 3 aromatic rings. The number of para-hydroxylation sites is 1. The van der Waals surface area contributed by atoms with Crippen LogP contribution >= 0.6 is 11.8 Å². The Balaban J connectivity index is 1.59. The number of hydrogen-bond donors (Lipinski definition) is 0. The Bertz CT molecular complexity index is 922. The predicted octanol–water partition coefficient (Wildman–Crippen LogP) is 2.54. The van der Waals surface area contributed by atoms with Crippen molar-refractivity contribution in [3.05, 3.63) is 46.3 Å². The fourth-order valence-electron chi connectivity index (χ4n) is 3.03. The molecule has 24 heavy (non-hydrogen) atoms. The van der Waals surface area contributed by atoms with Gasteiger partial charge in [-0.1, -0.05) is 30.3 Å². The van der Waals surface area contributed by atoms with E-state index in [0.29, 0.717) is 16.3 Å². The van der Waals surface area contributed by atoms with Gasteiger partial charge >= 0.3 is 0 Å². The molecule has 0 radical (unpaired) electrons.